The van der Waals surface area contributed by atoms with Gasteiger partial charge in [-0.15, -0.1) is 0 Å². The van der Waals surface area contributed by atoms with Crippen LogP contribution in [0.1, 0.15) is 70.9 Å². The van der Waals surface area contributed by atoms with Crippen LogP contribution in [0.25, 0.3) is 0 Å². The highest BCUT2D eigenvalue weighted by molar-refractivity contribution is 8.13. The summed E-state index contributed by atoms with van der Waals surface area (Å²) in [7, 11) is 0. The molecule has 1 fully saturated rings. The third kappa shape index (κ3) is 5.90. The van der Waals surface area contributed by atoms with Crippen molar-refractivity contribution in [2.24, 2.45) is 5.41 Å². The number of rotatable bonds is 6. The Morgan fingerprint density at radius 2 is 1.70 bits per heavy atom. The van der Waals surface area contributed by atoms with Crippen LogP contribution in [0.3, 0.4) is 0 Å². The number of allylic oxidation sites excluding steroid dienone is 1. The monoisotopic (exact) mass is 386 g/mol. The summed E-state index contributed by atoms with van der Waals surface area (Å²) in [5, 5.41) is 0.00125. The van der Waals surface area contributed by atoms with Gasteiger partial charge >= 0.3 is 0 Å². The maximum atomic E-state index is 12.1. The van der Waals surface area contributed by atoms with Crippen molar-refractivity contribution in [1.82, 2.24) is 0 Å². The van der Waals surface area contributed by atoms with Crippen molar-refractivity contribution in [2.45, 2.75) is 71.0 Å². The van der Waals surface area contributed by atoms with Crippen LogP contribution in [-0.2, 0) is 25.6 Å². The highest BCUT2D eigenvalue weighted by Gasteiger charge is 2.41. The summed E-state index contributed by atoms with van der Waals surface area (Å²) in [6.45, 7) is 8.29. The molecule has 1 aromatic rings. The Kier molecular flexibility index (Phi) is 7.21. The normalized spacial score (nSPS) is 17.5. The van der Waals surface area contributed by atoms with Crippen LogP contribution in [0, 0.1) is 5.41 Å². The predicted molar refractivity (Wildman–Crippen MR) is 112 cm³/mol. The summed E-state index contributed by atoms with van der Waals surface area (Å²) < 4.78 is 0. The first kappa shape index (κ1) is 21.6. The zero-order valence-electron chi connectivity index (χ0n) is 16.8. The number of Topliss-reactive ketones (excluding diaryl/α,β-unsaturated/α-hetero) is 2. The molecule has 27 heavy (non-hydrogen) atoms. The van der Waals surface area contributed by atoms with Crippen molar-refractivity contribution in [1.29, 1.82) is 0 Å². The van der Waals surface area contributed by atoms with Crippen molar-refractivity contribution in [3.05, 3.63) is 47.5 Å². The first-order chi connectivity index (χ1) is 12.6. The molecule has 0 heterocycles. The van der Waals surface area contributed by atoms with Crippen LogP contribution in [-0.4, -0.2) is 16.7 Å². The van der Waals surface area contributed by atoms with Gasteiger partial charge in [-0.2, -0.15) is 0 Å². The van der Waals surface area contributed by atoms with Gasteiger partial charge < -0.3 is 0 Å². The average molecular weight is 387 g/mol. The van der Waals surface area contributed by atoms with Crippen molar-refractivity contribution in [3.63, 3.8) is 0 Å². The second-order valence-electron chi connectivity index (χ2n) is 8.53. The molecule has 0 spiro atoms. The SMILES string of the molecule is CC1(CC/C=C/C(=O)SCc2ccc(C(C)(C)C)cc2)C(=O)CCCC1=O. The molecule has 4 heteroatoms. The number of ketones is 2. The Bertz CT molecular complexity index is 707. The Hall–Kier alpha value is -1.68. The highest BCUT2D eigenvalue weighted by Crippen LogP contribution is 2.34. The van der Waals surface area contributed by atoms with Gasteiger partial charge in [0.25, 0.3) is 0 Å². The molecule has 0 radical (unpaired) electrons. The van der Waals surface area contributed by atoms with Gasteiger partial charge in [-0.1, -0.05) is 62.9 Å². The van der Waals surface area contributed by atoms with Gasteiger partial charge in [0.2, 0.25) is 5.12 Å². The first-order valence-corrected chi connectivity index (χ1v) is 10.6. The fourth-order valence-electron chi connectivity index (χ4n) is 3.25. The fourth-order valence-corrected chi connectivity index (χ4v) is 3.94. The molecule has 3 nitrogen and oxygen atoms in total. The van der Waals surface area contributed by atoms with Crippen LogP contribution < -0.4 is 0 Å². The lowest BCUT2D eigenvalue weighted by molar-refractivity contribution is -0.143. The molecule has 0 atom stereocenters. The molecule has 0 aromatic heterocycles. The number of thioether (sulfide) groups is 1. The molecule has 0 aliphatic heterocycles. The molecule has 0 bridgehead atoms. The van der Waals surface area contributed by atoms with Crippen molar-refractivity contribution >= 4 is 28.4 Å². The molecule has 2 rings (SSSR count). The van der Waals surface area contributed by atoms with E-state index in [1.807, 2.05) is 0 Å². The molecular formula is C23H30O3S. The molecule has 0 unspecified atom stereocenters. The Balaban J connectivity index is 1.78. The second-order valence-corrected chi connectivity index (χ2v) is 9.51. The summed E-state index contributed by atoms with van der Waals surface area (Å²) in [6, 6.07) is 8.39. The molecule has 1 aliphatic rings. The van der Waals surface area contributed by atoms with E-state index in [9.17, 15) is 14.4 Å². The molecule has 0 saturated heterocycles. The maximum absolute atomic E-state index is 12.1. The lowest BCUT2D eigenvalue weighted by Gasteiger charge is -2.29. The molecule has 0 amide bonds. The van der Waals surface area contributed by atoms with E-state index in [-0.39, 0.29) is 22.1 Å². The van der Waals surface area contributed by atoms with E-state index in [0.717, 1.165) is 5.56 Å². The maximum Gasteiger partial charge on any atom is 0.212 e. The van der Waals surface area contributed by atoms with Gasteiger partial charge in [0.1, 0.15) is 11.6 Å². The minimum atomic E-state index is -0.854. The van der Waals surface area contributed by atoms with Crippen molar-refractivity contribution in [2.75, 3.05) is 0 Å². The summed E-state index contributed by atoms with van der Waals surface area (Å²) in [6.07, 6.45) is 6.08. The zero-order chi connectivity index (χ0) is 20.1. The van der Waals surface area contributed by atoms with Gasteiger partial charge in [-0.05, 0) is 48.8 Å². The standard InChI is InChI=1S/C23H30O3S/c1-22(2,3)18-13-11-17(12-14-18)16-27-21(26)10-5-6-15-23(4)19(24)8-7-9-20(23)25/h5,10-14H,6-9,15-16H2,1-4H3/b10-5+. The van der Waals surface area contributed by atoms with E-state index in [1.165, 1.54) is 17.3 Å². The highest BCUT2D eigenvalue weighted by atomic mass is 32.2. The molecule has 1 aliphatic carbocycles. The minimum Gasteiger partial charge on any atom is -0.299 e. The first-order valence-electron chi connectivity index (χ1n) is 9.62. The largest absolute Gasteiger partial charge is 0.299 e. The van der Waals surface area contributed by atoms with E-state index in [1.54, 1.807) is 19.1 Å². The Labute approximate surface area is 167 Å². The van der Waals surface area contributed by atoms with Gasteiger partial charge in [-0.25, -0.2) is 0 Å². The Morgan fingerprint density at radius 1 is 1.11 bits per heavy atom. The fraction of sp³-hybridized carbons (Fsp3) is 0.522. The molecule has 1 aromatic carbocycles. The van der Waals surface area contributed by atoms with Crippen molar-refractivity contribution in [3.8, 4) is 0 Å². The summed E-state index contributed by atoms with van der Waals surface area (Å²) >= 11 is 1.27. The predicted octanol–water partition coefficient (Wildman–Crippen LogP) is 5.41. The Morgan fingerprint density at radius 3 is 2.26 bits per heavy atom. The van der Waals surface area contributed by atoms with Crippen molar-refractivity contribution < 1.29 is 14.4 Å². The number of hydrogen-bond acceptors (Lipinski definition) is 4. The van der Waals surface area contributed by atoms with Gasteiger partial charge in [0.15, 0.2) is 0 Å². The summed E-state index contributed by atoms with van der Waals surface area (Å²) in [5.41, 5.74) is 1.68. The van der Waals surface area contributed by atoms with Gasteiger partial charge in [-0.3, -0.25) is 14.4 Å². The summed E-state index contributed by atoms with van der Waals surface area (Å²) in [4.78, 5) is 36.2. The van der Waals surface area contributed by atoms with Gasteiger partial charge in [0, 0.05) is 18.6 Å². The van der Waals surface area contributed by atoms with E-state index in [2.05, 4.69) is 45.0 Å². The van der Waals surface area contributed by atoms with E-state index in [4.69, 9.17) is 0 Å². The van der Waals surface area contributed by atoms with Crippen LogP contribution in [0.4, 0.5) is 0 Å². The number of carbonyl (C=O) groups excluding carboxylic acids is 3. The average Bonchev–Trinajstić information content (AvgIpc) is 2.61. The molecule has 0 N–H and O–H groups in total. The van der Waals surface area contributed by atoms with Crippen LogP contribution >= 0.6 is 11.8 Å². The van der Waals surface area contributed by atoms with E-state index < -0.39 is 5.41 Å². The van der Waals surface area contributed by atoms with E-state index >= 15 is 0 Å². The van der Waals surface area contributed by atoms with Crippen LogP contribution in [0.2, 0.25) is 0 Å². The third-order valence-corrected chi connectivity index (χ3v) is 6.20. The molecular weight excluding hydrogens is 356 g/mol. The topological polar surface area (TPSA) is 51.2 Å². The van der Waals surface area contributed by atoms with E-state index in [0.29, 0.717) is 37.9 Å². The number of hydrogen-bond donors (Lipinski definition) is 0. The van der Waals surface area contributed by atoms with Crippen LogP contribution in [0.5, 0.6) is 0 Å². The van der Waals surface area contributed by atoms with Gasteiger partial charge in [0.05, 0.1) is 5.41 Å². The summed E-state index contributed by atoms with van der Waals surface area (Å²) in [5.74, 6) is 0.737. The zero-order valence-corrected chi connectivity index (χ0v) is 17.7. The number of carbonyl (C=O) groups is 3. The lowest BCUT2D eigenvalue weighted by Crippen LogP contribution is -2.39. The quantitative estimate of drug-likeness (QED) is 0.484. The number of benzene rings is 1. The third-order valence-electron chi connectivity index (χ3n) is 5.30. The van der Waals surface area contributed by atoms with Crippen LogP contribution in [0.15, 0.2) is 36.4 Å². The smallest absolute Gasteiger partial charge is 0.212 e. The molecule has 146 valence electrons. The minimum absolute atomic E-state index is 0.00125. The second kappa shape index (κ2) is 9.01. The molecule has 1 saturated carbocycles. The lowest BCUT2D eigenvalue weighted by atomic mass is 9.71.